The molecule has 0 aromatic carbocycles. The summed E-state index contributed by atoms with van der Waals surface area (Å²) in [5, 5.41) is 0. The zero-order valence-electron chi connectivity index (χ0n) is 34.2. The molecule has 9 atom stereocenters. The van der Waals surface area contributed by atoms with Gasteiger partial charge in [0.2, 0.25) is 5.91 Å². The first kappa shape index (κ1) is 50.1. The predicted molar refractivity (Wildman–Crippen MR) is 221 cm³/mol. The molecular weight excluding hydrogens is 939 g/mol. The molecule has 0 unspecified atom stereocenters. The molecule has 6 heterocycles. The Balaban J connectivity index is 0.855. The molecule has 2 aromatic rings. The van der Waals surface area contributed by atoms with Crippen molar-refractivity contribution in [3.8, 4) is 0 Å². The van der Waals surface area contributed by atoms with E-state index in [1.807, 2.05) is 0 Å². The number of carbonyl (C=O) groups excluding carboxylic acids is 4. The number of carbonyl (C=O) groups is 4. The van der Waals surface area contributed by atoms with Gasteiger partial charge in [0.15, 0.2) is 30.0 Å². The van der Waals surface area contributed by atoms with Gasteiger partial charge in [0, 0.05) is 19.2 Å². The lowest BCUT2D eigenvalue weighted by Crippen LogP contribution is -2.39. The van der Waals surface area contributed by atoms with Gasteiger partial charge in [-0.2, -0.15) is 0 Å². The van der Waals surface area contributed by atoms with Crippen LogP contribution in [0.3, 0.4) is 0 Å². The molecule has 3 fully saturated rings. The van der Waals surface area contributed by atoms with Crippen LogP contribution >= 0.6 is 38.1 Å². The van der Waals surface area contributed by atoms with Gasteiger partial charge in [-0.25, -0.2) is 33.3 Å². The number of imidazole rings is 1. The topological polar surface area (TPSA) is 289 Å². The van der Waals surface area contributed by atoms with Crippen molar-refractivity contribution < 1.29 is 88.7 Å². The quantitative estimate of drug-likeness (QED) is 0.0554. The number of hydrogen-bond donors (Lipinski definition) is 3. The minimum atomic E-state index is -4.37. The maximum atomic E-state index is 16.0. The summed E-state index contributed by atoms with van der Waals surface area (Å²) in [6.07, 6.45) is -6.59. The molecule has 25 nitrogen and oxygen atoms in total. The van der Waals surface area contributed by atoms with Crippen molar-refractivity contribution in [1.29, 1.82) is 0 Å². The summed E-state index contributed by atoms with van der Waals surface area (Å²) in [6, 6.07) is 0. The number of anilines is 1. The third-order valence-electron chi connectivity index (χ3n) is 9.71. The molecular formula is C34H48FN7O18P2S2. The van der Waals surface area contributed by atoms with Crippen LogP contribution in [0.5, 0.6) is 0 Å². The Hall–Kier alpha value is -3.34. The second kappa shape index (κ2) is 23.4. The third-order valence-corrected chi connectivity index (χ3v) is 12.9. The Kier molecular flexibility index (Phi) is 18.3. The number of hydrogen-bond acceptors (Lipinski definition) is 22. The fourth-order valence-electron chi connectivity index (χ4n) is 6.43. The van der Waals surface area contributed by atoms with E-state index in [1.54, 1.807) is 0 Å². The summed E-state index contributed by atoms with van der Waals surface area (Å²) in [5.74, 6) is -0.959. The average molecular weight is 988 g/mol. The molecule has 0 saturated carbocycles. The van der Waals surface area contributed by atoms with Crippen molar-refractivity contribution >= 4 is 79.0 Å². The largest absolute Gasteiger partial charge is 0.508 e. The van der Waals surface area contributed by atoms with Crippen LogP contribution in [0.1, 0.15) is 12.6 Å². The maximum Gasteiger partial charge on any atom is 0.508 e. The van der Waals surface area contributed by atoms with E-state index in [-0.39, 0.29) is 93.9 Å². The van der Waals surface area contributed by atoms with Crippen molar-refractivity contribution in [2.75, 3.05) is 105 Å². The fraction of sp³-hybridized carbons (Fsp3) is 0.676. The molecule has 0 spiro atoms. The van der Waals surface area contributed by atoms with Crippen LogP contribution in [0.25, 0.3) is 11.2 Å². The number of likely N-dealkylation sites (N-methyl/N-ethyl adjacent to an activating group) is 1. The summed E-state index contributed by atoms with van der Waals surface area (Å²) >= 11 is 8.08. The lowest BCUT2D eigenvalue weighted by molar-refractivity contribution is -0.137. The highest BCUT2D eigenvalue weighted by Crippen LogP contribution is 2.60. The van der Waals surface area contributed by atoms with Gasteiger partial charge in [-0.15, -0.1) is 0 Å². The van der Waals surface area contributed by atoms with E-state index in [9.17, 15) is 28.3 Å². The minimum Gasteiger partial charge on any atom is -0.432 e. The normalized spacial score (nSPS) is 29.6. The van der Waals surface area contributed by atoms with Gasteiger partial charge in [0.1, 0.15) is 42.9 Å². The maximum absolute atomic E-state index is 16.0. The first-order chi connectivity index (χ1) is 30.6. The first-order valence-electron chi connectivity index (χ1n) is 19.7. The highest BCUT2D eigenvalue weighted by atomic mass is 32.7. The van der Waals surface area contributed by atoms with E-state index in [1.165, 1.54) is 35.0 Å². The van der Waals surface area contributed by atoms with Crippen molar-refractivity contribution in [2.24, 2.45) is 0 Å². The van der Waals surface area contributed by atoms with E-state index >= 15 is 4.39 Å². The molecule has 3 saturated heterocycles. The highest BCUT2D eigenvalue weighted by molar-refractivity contribution is 8.44. The van der Waals surface area contributed by atoms with Crippen LogP contribution in [0.15, 0.2) is 24.8 Å². The lowest BCUT2D eigenvalue weighted by Gasteiger charge is -2.29. The standard InChI is InChI=1S/C34H48FN7O18P2S2/c1-40(24(43)4-7-49-10-12-51-14-15-52-13-11-50-8-6-41-25(44)2-3-26(41)45)5-9-53-34(46)58-22-16-54-21-17-55-62(48,64)60-30-23(18-56-61(47,63)59-29(21)22)57-33(27(30)35)42-20-39-28-31(36)37-19-38-32(28)42/h2-3,19-23,27,29-30,33H,4-18H2,1H3,(H,47,63)(H,48,64)(H2,36,37,38)/t21-,22+,23-,27-,29-,30-,33-,61-,62-/m1/s1. The van der Waals surface area contributed by atoms with Crippen molar-refractivity contribution in [2.45, 2.75) is 49.3 Å². The molecule has 4 aliphatic rings. The molecule has 30 heteroatoms. The second-order valence-corrected chi connectivity index (χ2v) is 19.8. The highest BCUT2D eigenvalue weighted by Gasteiger charge is 2.53. The van der Waals surface area contributed by atoms with Crippen molar-refractivity contribution in [3.05, 3.63) is 24.8 Å². The van der Waals surface area contributed by atoms with Crippen molar-refractivity contribution in [3.63, 3.8) is 0 Å². The van der Waals surface area contributed by atoms with E-state index < -0.39 is 75.9 Å². The summed E-state index contributed by atoms with van der Waals surface area (Å²) < 4.78 is 110. The molecule has 2 aromatic heterocycles. The lowest BCUT2D eigenvalue weighted by atomic mass is 10.1. The first-order valence-corrected chi connectivity index (χ1v) is 25.1. The SMILES string of the molecule is CN(CCOC(=O)O[C@H]1CO[C@@H]2CO[P@@](=O)(S)O[C@H]3[C@@H](F)[C@H](n4cnc5c(N)ncnc54)O[C@@H]3CO[P@@](=O)(S)O[C@@H]12)C(=O)CCOCCOCCOCCOCCN1C(=O)C=CC1=O. The van der Waals surface area contributed by atoms with E-state index in [0.29, 0.717) is 26.4 Å². The zero-order valence-corrected chi connectivity index (χ0v) is 37.8. The number of rotatable bonds is 20. The van der Waals surface area contributed by atoms with Crippen LogP contribution in [-0.4, -0.2) is 189 Å². The Labute approximate surface area is 375 Å². The molecule has 3 amide bonds. The Morgan fingerprint density at radius 3 is 2.14 bits per heavy atom. The van der Waals surface area contributed by atoms with Gasteiger partial charge >= 0.3 is 19.8 Å². The molecule has 0 aliphatic carbocycles. The number of nitrogen functional groups attached to an aromatic ring is 1. The van der Waals surface area contributed by atoms with E-state index in [0.717, 1.165) is 11.2 Å². The van der Waals surface area contributed by atoms with Crippen LogP contribution in [0.2, 0.25) is 0 Å². The zero-order chi connectivity index (χ0) is 45.9. The number of fused-ring (bicyclic) bond motifs is 3. The summed E-state index contributed by atoms with van der Waals surface area (Å²) in [6.45, 7) is -8.24. The third kappa shape index (κ3) is 13.9. The smallest absolute Gasteiger partial charge is 0.432 e. The van der Waals surface area contributed by atoms with Crippen LogP contribution in [-0.2, 0) is 79.5 Å². The number of aromatic nitrogens is 4. The number of halogens is 1. The number of ether oxygens (including phenoxy) is 8. The number of nitrogens with zero attached hydrogens (tertiary/aromatic N) is 6. The van der Waals surface area contributed by atoms with E-state index in [2.05, 4.69) is 39.4 Å². The predicted octanol–water partition coefficient (Wildman–Crippen LogP) is 1.30. The number of imide groups is 1. The van der Waals surface area contributed by atoms with Crippen LogP contribution in [0.4, 0.5) is 15.0 Å². The van der Waals surface area contributed by atoms with Gasteiger partial charge in [-0.1, -0.05) is 24.5 Å². The summed E-state index contributed by atoms with van der Waals surface area (Å²) in [7, 11) is 1.51. The molecule has 4 aliphatic heterocycles. The number of alkyl halides is 1. The molecule has 64 heavy (non-hydrogen) atoms. The summed E-state index contributed by atoms with van der Waals surface area (Å²) in [5.41, 5.74) is 6.17. The molecule has 356 valence electrons. The van der Waals surface area contributed by atoms with E-state index in [4.69, 9.17) is 61.7 Å². The van der Waals surface area contributed by atoms with Gasteiger partial charge < -0.3 is 48.5 Å². The van der Waals surface area contributed by atoms with Crippen LogP contribution < -0.4 is 5.73 Å². The monoisotopic (exact) mass is 987 g/mol. The molecule has 0 bridgehead atoms. The minimum absolute atomic E-state index is 0.00943. The van der Waals surface area contributed by atoms with Crippen LogP contribution in [0, 0.1) is 0 Å². The average Bonchev–Trinajstić information content (AvgIpc) is 4.01. The number of amides is 3. The Morgan fingerprint density at radius 1 is 0.859 bits per heavy atom. The second-order valence-electron chi connectivity index (χ2n) is 14.1. The molecule has 2 N–H and O–H groups in total. The van der Waals surface area contributed by atoms with Gasteiger partial charge in [0.05, 0.1) is 98.5 Å². The van der Waals surface area contributed by atoms with Gasteiger partial charge in [-0.05, 0) is 0 Å². The fourth-order valence-corrected chi connectivity index (χ4v) is 9.42. The molecule has 0 radical (unpaired) electrons. The molecule has 6 rings (SSSR count). The number of thiol groups is 2. The van der Waals surface area contributed by atoms with Crippen molar-refractivity contribution in [1.82, 2.24) is 29.3 Å². The van der Waals surface area contributed by atoms with Gasteiger partial charge in [0.25, 0.3) is 11.8 Å². The summed E-state index contributed by atoms with van der Waals surface area (Å²) in [4.78, 5) is 62.7. The van der Waals surface area contributed by atoms with Gasteiger partial charge in [-0.3, -0.25) is 41.9 Å². The number of nitrogens with two attached hydrogens (primary N) is 1. The Bertz CT molecular complexity index is 2060. The Morgan fingerprint density at radius 2 is 1.47 bits per heavy atom.